The van der Waals surface area contributed by atoms with Crippen LogP contribution in [0.1, 0.15) is 58.4 Å². The number of rotatable bonds is 7. The lowest BCUT2D eigenvalue weighted by Crippen LogP contribution is -2.09. The van der Waals surface area contributed by atoms with Crippen LogP contribution in [0.2, 0.25) is 0 Å². The molecule has 0 saturated heterocycles. The van der Waals surface area contributed by atoms with Crippen molar-refractivity contribution in [3.8, 4) is 0 Å². The summed E-state index contributed by atoms with van der Waals surface area (Å²) >= 11 is 0. The van der Waals surface area contributed by atoms with Crippen molar-refractivity contribution in [1.82, 2.24) is 4.57 Å². The minimum atomic E-state index is 0.508. The van der Waals surface area contributed by atoms with Crippen LogP contribution < -0.4 is 11.5 Å². The quantitative estimate of drug-likeness (QED) is 0.533. The van der Waals surface area contributed by atoms with Gasteiger partial charge in [0.1, 0.15) is 0 Å². The van der Waals surface area contributed by atoms with E-state index < -0.39 is 0 Å². The van der Waals surface area contributed by atoms with Crippen LogP contribution in [0.4, 0.5) is 11.4 Å². The minimum Gasteiger partial charge on any atom is -0.399 e. The molecule has 3 heteroatoms. The highest BCUT2D eigenvalue weighted by Crippen LogP contribution is 2.37. The number of unbranched alkanes of at least 4 members (excludes halogenated alkanes) is 2. The molecule has 0 spiro atoms. The molecule has 0 fully saturated rings. The molecule has 0 aliphatic heterocycles. The van der Waals surface area contributed by atoms with E-state index in [1.165, 1.54) is 60.3 Å². The van der Waals surface area contributed by atoms with Crippen LogP contribution in [-0.2, 0) is 0 Å². The van der Waals surface area contributed by atoms with Gasteiger partial charge in [-0.25, -0.2) is 0 Å². The average molecular weight is 323 g/mol. The predicted molar refractivity (Wildman–Crippen MR) is 106 cm³/mol. The van der Waals surface area contributed by atoms with E-state index in [1.54, 1.807) is 0 Å². The van der Waals surface area contributed by atoms with Crippen molar-refractivity contribution < 1.29 is 0 Å². The Bertz CT molecular complexity index is 765. The van der Waals surface area contributed by atoms with Gasteiger partial charge >= 0.3 is 0 Å². The van der Waals surface area contributed by atoms with Gasteiger partial charge in [-0.3, -0.25) is 0 Å². The molecule has 24 heavy (non-hydrogen) atoms. The largest absolute Gasteiger partial charge is 0.399 e. The summed E-state index contributed by atoms with van der Waals surface area (Å²) in [6, 6.07) is 13.0. The van der Waals surface area contributed by atoms with Gasteiger partial charge in [0, 0.05) is 28.2 Å². The molecule has 0 radical (unpaired) electrons. The SMILES string of the molecule is CCCCC(CCCC)n1c2cc(N)ccc2c2ccc(N)cc21. The highest BCUT2D eigenvalue weighted by Gasteiger charge is 2.18. The molecular formula is C21H29N3. The molecule has 0 bridgehead atoms. The second kappa shape index (κ2) is 7.16. The first-order valence-electron chi connectivity index (χ1n) is 9.24. The zero-order chi connectivity index (χ0) is 17.1. The van der Waals surface area contributed by atoms with E-state index >= 15 is 0 Å². The minimum absolute atomic E-state index is 0.508. The van der Waals surface area contributed by atoms with Crippen molar-refractivity contribution in [3.63, 3.8) is 0 Å². The fourth-order valence-corrected chi connectivity index (χ4v) is 3.76. The number of benzene rings is 2. The number of nitrogens with zero attached hydrogens (tertiary/aromatic N) is 1. The summed E-state index contributed by atoms with van der Waals surface area (Å²) in [6.45, 7) is 4.53. The van der Waals surface area contributed by atoms with Crippen molar-refractivity contribution in [1.29, 1.82) is 0 Å². The second-order valence-corrected chi connectivity index (χ2v) is 6.86. The third-order valence-electron chi connectivity index (χ3n) is 5.00. The molecule has 1 heterocycles. The summed E-state index contributed by atoms with van der Waals surface area (Å²) in [5, 5.41) is 2.55. The van der Waals surface area contributed by atoms with Crippen molar-refractivity contribution >= 4 is 33.2 Å². The normalized spacial score (nSPS) is 11.8. The monoisotopic (exact) mass is 323 g/mol. The number of hydrogen-bond donors (Lipinski definition) is 2. The highest BCUT2D eigenvalue weighted by atomic mass is 15.0. The smallest absolute Gasteiger partial charge is 0.0514 e. The Morgan fingerprint density at radius 3 is 1.67 bits per heavy atom. The Morgan fingerprint density at radius 2 is 1.25 bits per heavy atom. The van der Waals surface area contributed by atoms with Gasteiger partial charge in [-0.2, -0.15) is 0 Å². The third-order valence-corrected chi connectivity index (χ3v) is 5.00. The molecular weight excluding hydrogens is 294 g/mol. The van der Waals surface area contributed by atoms with Gasteiger partial charge in [-0.1, -0.05) is 51.7 Å². The molecule has 4 N–H and O–H groups in total. The number of nitrogen functional groups attached to an aromatic ring is 2. The van der Waals surface area contributed by atoms with Gasteiger partial charge in [-0.05, 0) is 37.1 Å². The lowest BCUT2D eigenvalue weighted by molar-refractivity contribution is 0.427. The van der Waals surface area contributed by atoms with Crippen LogP contribution in [-0.4, -0.2) is 4.57 Å². The molecule has 0 aliphatic carbocycles. The van der Waals surface area contributed by atoms with Crippen molar-refractivity contribution in [2.45, 2.75) is 58.4 Å². The van der Waals surface area contributed by atoms with Crippen LogP contribution in [0.15, 0.2) is 36.4 Å². The fraction of sp³-hybridized carbons (Fsp3) is 0.429. The summed E-state index contributed by atoms with van der Waals surface area (Å²) in [5.41, 5.74) is 16.3. The molecule has 0 atom stereocenters. The Kier molecular flexibility index (Phi) is 4.98. The first-order chi connectivity index (χ1) is 11.7. The predicted octanol–water partition coefficient (Wildman–Crippen LogP) is 5.88. The van der Waals surface area contributed by atoms with Crippen LogP contribution in [0, 0.1) is 0 Å². The summed E-state index contributed by atoms with van der Waals surface area (Å²) in [4.78, 5) is 0. The van der Waals surface area contributed by atoms with E-state index in [0.29, 0.717) is 6.04 Å². The van der Waals surface area contributed by atoms with E-state index in [4.69, 9.17) is 11.5 Å². The van der Waals surface area contributed by atoms with Crippen molar-refractivity contribution in [3.05, 3.63) is 36.4 Å². The zero-order valence-corrected chi connectivity index (χ0v) is 14.9. The molecule has 0 amide bonds. The molecule has 0 aliphatic rings. The Morgan fingerprint density at radius 1 is 0.792 bits per heavy atom. The lowest BCUT2D eigenvalue weighted by atomic mass is 10.0. The summed E-state index contributed by atoms with van der Waals surface area (Å²) in [5.74, 6) is 0. The van der Waals surface area contributed by atoms with E-state index in [2.05, 4.69) is 42.7 Å². The summed E-state index contributed by atoms with van der Waals surface area (Å²) in [6.07, 6.45) is 7.37. The van der Waals surface area contributed by atoms with E-state index in [1.807, 2.05) is 12.1 Å². The van der Waals surface area contributed by atoms with Gasteiger partial charge in [0.25, 0.3) is 0 Å². The van der Waals surface area contributed by atoms with Crippen LogP contribution >= 0.6 is 0 Å². The van der Waals surface area contributed by atoms with Gasteiger partial charge in [-0.15, -0.1) is 0 Å². The first kappa shape index (κ1) is 16.7. The number of aromatic nitrogens is 1. The van der Waals surface area contributed by atoms with Gasteiger partial charge < -0.3 is 16.0 Å². The van der Waals surface area contributed by atoms with E-state index in [-0.39, 0.29) is 0 Å². The first-order valence-corrected chi connectivity index (χ1v) is 9.24. The lowest BCUT2D eigenvalue weighted by Gasteiger charge is -2.21. The van der Waals surface area contributed by atoms with Crippen LogP contribution in [0.3, 0.4) is 0 Å². The average Bonchev–Trinajstić information content (AvgIpc) is 2.87. The number of anilines is 2. The number of hydrogen-bond acceptors (Lipinski definition) is 2. The molecule has 2 aromatic carbocycles. The Balaban J connectivity index is 2.23. The molecule has 1 aromatic heterocycles. The van der Waals surface area contributed by atoms with E-state index in [9.17, 15) is 0 Å². The number of fused-ring (bicyclic) bond motifs is 3. The molecule has 3 aromatic rings. The van der Waals surface area contributed by atoms with Crippen molar-refractivity contribution in [2.75, 3.05) is 11.5 Å². The zero-order valence-electron chi connectivity index (χ0n) is 14.9. The maximum atomic E-state index is 6.11. The molecule has 0 unspecified atom stereocenters. The fourth-order valence-electron chi connectivity index (χ4n) is 3.76. The Labute approximate surface area is 144 Å². The summed E-state index contributed by atoms with van der Waals surface area (Å²) < 4.78 is 2.50. The van der Waals surface area contributed by atoms with Gasteiger partial charge in [0.15, 0.2) is 0 Å². The van der Waals surface area contributed by atoms with E-state index in [0.717, 1.165) is 11.4 Å². The third kappa shape index (κ3) is 3.08. The van der Waals surface area contributed by atoms with Gasteiger partial charge in [0.2, 0.25) is 0 Å². The highest BCUT2D eigenvalue weighted by molar-refractivity contribution is 6.09. The molecule has 128 valence electrons. The van der Waals surface area contributed by atoms with Crippen molar-refractivity contribution in [2.24, 2.45) is 0 Å². The molecule has 3 rings (SSSR count). The maximum Gasteiger partial charge on any atom is 0.0514 e. The van der Waals surface area contributed by atoms with Crippen LogP contribution in [0.5, 0.6) is 0 Å². The second-order valence-electron chi connectivity index (χ2n) is 6.86. The Hall–Kier alpha value is -2.16. The standard InChI is InChI=1S/C21H29N3/c1-3-5-7-17(8-6-4-2)24-20-13-15(22)9-11-18(20)19-12-10-16(23)14-21(19)24/h9-14,17H,3-8,22-23H2,1-2H3. The maximum absolute atomic E-state index is 6.11. The van der Waals surface area contributed by atoms with Gasteiger partial charge in [0.05, 0.1) is 11.0 Å². The number of nitrogens with two attached hydrogens (primary N) is 2. The molecule has 3 nitrogen and oxygen atoms in total. The topological polar surface area (TPSA) is 57.0 Å². The molecule has 0 saturated carbocycles. The summed E-state index contributed by atoms with van der Waals surface area (Å²) in [7, 11) is 0. The van der Waals surface area contributed by atoms with Crippen LogP contribution in [0.25, 0.3) is 21.8 Å².